The standard InChI is InChI=1S/C11H17N3.3ClH/c12-11(4-7-13-8-5-11)9-10-3-1-2-6-14-10;;;/h1-3,6,13H,4-5,7-9,12H2;3*1H. The highest BCUT2D eigenvalue weighted by Crippen LogP contribution is 2.19. The Kier molecular flexibility index (Phi) is 10.2. The van der Waals surface area contributed by atoms with Crippen LogP contribution in [-0.4, -0.2) is 23.6 Å². The Bertz CT molecular complexity index is 289. The normalized spacial score (nSPS) is 17.0. The van der Waals surface area contributed by atoms with Gasteiger partial charge in [-0.05, 0) is 38.1 Å². The molecule has 3 N–H and O–H groups in total. The van der Waals surface area contributed by atoms with Gasteiger partial charge in [0.25, 0.3) is 0 Å². The highest BCUT2D eigenvalue weighted by atomic mass is 35.5. The first kappa shape index (κ1) is 19.3. The van der Waals surface area contributed by atoms with Crippen LogP contribution in [0.15, 0.2) is 24.4 Å². The molecule has 1 aromatic heterocycles. The first-order chi connectivity index (χ1) is 6.79. The molecule has 2 rings (SSSR count). The fourth-order valence-electron chi connectivity index (χ4n) is 1.96. The molecule has 0 amide bonds. The summed E-state index contributed by atoms with van der Waals surface area (Å²) in [5.74, 6) is 0. The van der Waals surface area contributed by atoms with Gasteiger partial charge in [-0.1, -0.05) is 6.07 Å². The lowest BCUT2D eigenvalue weighted by atomic mass is 9.85. The smallest absolute Gasteiger partial charge is 0.0421 e. The van der Waals surface area contributed by atoms with Crippen molar-refractivity contribution >= 4 is 37.2 Å². The molecule has 0 saturated carbocycles. The van der Waals surface area contributed by atoms with Crippen molar-refractivity contribution in [1.29, 1.82) is 0 Å². The zero-order valence-corrected chi connectivity index (χ0v) is 12.0. The Morgan fingerprint density at radius 1 is 1.18 bits per heavy atom. The van der Waals surface area contributed by atoms with Crippen LogP contribution in [0.25, 0.3) is 0 Å². The molecule has 0 unspecified atom stereocenters. The Morgan fingerprint density at radius 3 is 2.35 bits per heavy atom. The number of nitrogens with two attached hydrogens (primary N) is 1. The number of rotatable bonds is 2. The van der Waals surface area contributed by atoms with Gasteiger partial charge in [-0.15, -0.1) is 37.2 Å². The minimum atomic E-state index is -0.0421. The fourth-order valence-corrected chi connectivity index (χ4v) is 1.96. The van der Waals surface area contributed by atoms with E-state index in [1.807, 2.05) is 18.3 Å². The molecule has 1 fully saturated rings. The van der Waals surface area contributed by atoms with Crippen LogP contribution >= 0.6 is 37.2 Å². The maximum absolute atomic E-state index is 6.31. The second-order valence-corrected chi connectivity index (χ2v) is 4.11. The Labute approximate surface area is 121 Å². The van der Waals surface area contributed by atoms with Crippen LogP contribution in [0.1, 0.15) is 18.5 Å². The molecule has 3 nitrogen and oxygen atoms in total. The van der Waals surface area contributed by atoms with E-state index >= 15 is 0 Å². The lowest BCUT2D eigenvalue weighted by Crippen LogP contribution is -2.50. The van der Waals surface area contributed by atoms with E-state index in [0.29, 0.717) is 0 Å². The topological polar surface area (TPSA) is 50.9 Å². The fraction of sp³-hybridized carbons (Fsp3) is 0.545. The van der Waals surface area contributed by atoms with Crippen molar-refractivity contribution in [1.82, 2.24) is 10.3 Å². The second kappa shape index (κ2) is 8.95. The zero-order chi connectivity index (χ0) is 9.86. The lowest BCUT2D eigenvalue weighted by molar-refractivity contribution is 0.306. The summed E-state index contributed by atoms with van der Waals surface area (Å²) < 4.78 is 0. The van der Waals surface area contributed by atoms with Gasteiger partial charge in [0.2, 0.25) is 0 Å². The van der Waals surface area contributed by atoms with E-state index in [0.717, 1.165) is 38.0 Å². The van der Waals surface area contributed by atoms with Crippen LogP contribution in [0.5, 0.6) is 0 Å². The van der Waals surface area contributed by atoms with Crippen molar-refractivity contribution in [3.63, 3.8) is 0 Å². The molecule has 0 aromatic carbocycles. The summed E-state index contributed by atoms with van der Waals surface area (Å²) in [7, 11) is 0. The van der Waals surface area contributed by atoms with Crippen molar-refractivity contribution in [2.45, 2.75) is 24.8 Å². The predicted octanol–water partition coefficient (Wildman–Crippen LogP) is 1.97. The van der Waals surface area contributed by atoms with Crippen molar-refractivity contribution in [2.75, 3.05) is 13.1 Å². The summed E-state index contributed by atoms with van der Waals surface area (Å²) >= 11 is 0. The van der Waals surface area contributed by atoms with Gasteiger partial charge in [0, 0.05) is 23.9 Å². The Hall–Kier alpha value is -0.0600. The summed E-state index contributed by atoms with van der Waals surface area (Å²) in [5.41, 5.74) is 7.38. The molecular formula is C11H20Cl3N3. The molecule has 0 atom stereocenters. The number of halogens is 3. The van der Waals surface area contributed by atoms with E-state index in [1.165, 1.54) is 0 Å². The minimum absolute atomic E-state index is 0. The molecule has 1 saturated heterocycles. The zero-order valence-electron chi connectivity index (χ0n) is 9.59. The van der Waals surface area contributed by atoms with Crippen LogP contribution in [-0.2, 0) is 6.42 Å². The van der Waals surface area contributed by atoms with Gasteiger partial charge in [-0.25, -0.2) is 0 Å². The van der Waals surface area contributed by atoms with Crippen molar-refractivity contribution in [2.24, 2.45) is 5.73 Å². The summed E-state index contributed by atoms with van der Waals surface area (Å²) in [6, 6.07) is 6.01. The third kappa shape index (κ3) is 5.89. The van der Waals surface area contributed by atoms with Crippen molar-refractivity contribution in [3.8, 4) is 0 Å². The van der Waals surface area contributed by atoms with E-state index in [9.17, 15) is 0 Å². The van der Waals surface area contributed by atoms with Gasteiger partial charge in [-0.2, -0.15) is 0 Å². The Balaban J connectivity index is 0. The molecular weight excluding hydrogens is 281 g/mol. The summed E-state index contributed by atoms with van der Waals surface area (Å²) in [4.78, 5) is 4.32. The number of nitrogens with zero attached hydrogens (tertiary/aromatic N) is 1. The maximum atomic E-state index is 6.31. The molecule has 0 spiro atoms. The first-order valence-electron chi connectivity index (χ1n) is 5.18. The molecule has 0 bridgehead atoms. The van der Waals surface area contributed by atoms with Gasteiger partial charge >= 0.3 is 0 Å². The lowest BCUT2D eigenvalue weighted by Gasteiger charge is -2.33. The van der Waals surface area contributed by atoms with Gasteiger partial charge in [0.15, 0.2) is 0 Å². The average molecular weight is 301 g/mol. The monoisotopic (exact) mass is 299 g/mol. The van der Waals surface area contributed by atoms with Crippen LogP contribution in [0.2, 0.25) is 0 Å². The quantitative estimate of drug-likeness (QED) is 0.878. The number of nitrogens with one attached hydrogen (secondary N) is 1. The largest absolute Gasteiger partial charge is 0.325 e. The first-order valence-corrected chi connectivity index (χ1v) is 5.18. The summed E-state index contributed by atoms with van der Waals surface area (Å²) in [6.07, 6.45) is 4.82. The van der Waals surface area contributed by atoms with Crippen molar-refractivity contribution < 1.29 is 0 Å². The average Bonchev–Trinajstić information content (AvgIpc) is 2.19. The van der Waals surface area contributed by atoms with Gasteiger partial charge < -0.3 is 11.1 Å². The van der Waals surface area contributed by atoms with E-state index in [4.69, 9.17) is 5.73 Å². The van der Waals surface area contributed by atoms with E-state index in [-0.39, 0.29) is 42.8 Å². The number of pyridine rings is 1. The van der Waals surface area contributed by atoms with Crippen LogP contribution in [0.4, 0.5) is 0 Å². The SMILES string of the molecule is Cl.Cl.Cl.NC1(Cc2ccccn2)CCNCC1. The second-order valence-electron chi connectivity index (χ2n) is 4.11. The van der Waals surface area contributed by atoms with E-state index < -0.39 is 0 Å². The number of aromatic nitrogens is 1. The van der Waals surface area contributed by atoms with E-state index in [1.54, 1.807) is 0 Å². The third-order valence-corrected chi connectivity index (χ3v) is 2.86. The van der Waals surface area contributed by atoms with Crippen molar-refractivity contribution in [3.05, 3.63) is 30.1 Å². The highest BCUT2D eigenvalue weighted by molar-refractivity contribution is 5.86. The van der Waals surface area contributed by atoms with Gasteiger partial charge in [-0.3, -0.25) is 4.98 Å². The molecule has 1 aromatic rings. The molecule has 2 heterocycles. The predicted molar refractivity (Wildman–Crippen MR) is 78.7 cm³/mol. The minimum Gasteiger partial charge on any atom is -0.325 e. The third-order valence-electron chi connectivity index (χ3n) is 2.86. The summed E-state index contributed by atoms with van der Waals surface area (Å²) in [6.45, 7) is 2.06. The van der Waals surface area contributed by atoms with E-state index in [2.05, 4.69) is 16.4 Å². The van der Waals surface area contributed by atoms with Gasteiger partial charge in [0.1, 0.15) is 0 Å². The molecule has 1 aliphatic rings. The maximum Gasteiger partial charge on any atom is 0.0421 e. The van der Waals surface area contributed by atoms with Crippen LogP contribution in [0.3, 0.4) is 0 Å². The molecule has 6 heteroatoms. The molecule has 0 radical (unpaired) electrons. The molecule has 100 valence electrons. The molecule has 0 aliphatic carbocycles. The summed E-state index contributed by atoms with van der Waals surface area (Å²) in [5, 5.41) is 3.33. The number of hydrogen-bond donors (Lipinski definition) is 2. The molecule has 17 heavy (non-hydrogen) atoms. The molecule has 1 aliphatic heterocycles. The number of piperidine rings is 1. The van der Waals surface area contributed by atoms with Crippen LogP contribution < -0.4 is 11.1 Å². The number of hydrogen-bond acceptors (Lipinski definition) is 3. The van der Waals surface area contributed by atoms with Crippen LogP contribution in [0, 0.1) is 0 Å². The van der Waals surface area contributed by atoms with Gasteiger partial charge in [0.05, 0.1) is 0 Å². The highest BCUT2D eigenvalue weighted by Gasteiger charge is 2.27. The Morgan fingerprint density at radius 2 is 1.82 bits per heavy atom.